The highest BCUT2D eigenvalue weighted by Crippen LogP contribution is 2.26. The quantitative estimate of drug-likeness (QED) is 0.645. The molecular formula is C17H12ClF3N2O2. The molecule has 0 spiro atoms. The molecule has 25 heavy (non-hydrogen) atoms. The third-order valence-corrected chi connectivity index (χ3v) is 3.41. The molecule has 0 fully saturated rings. The van der Waals surface area contributed by atoms with Gasteiger partial charge in [0.1, 0.15) is 5.75 Å². The Hall–Kier alpha value is -2.67. The lowest BCUT2D eigenvalue weighted by Crippen LogP contribution is -2.17. The zero-order chi connectivity index (χ0) is 17.9. The molecule has 130 valence electrons. The van der Waals surface area contributed by atoms with Gasteiger partial charge in [-0.1, -0.05) is 29.8 Å². The molecule has 4 nitrogen and oxygen atoms in total. The number of oxazole rings is 1. The molecule has 0 amide bonds. The minimum atomic E-state index is -4.73. The third kappa shape index (κ3) is 4.90. The third-order valence-electron chi connectivity index (χ3n) is 3.17. The molecule has 0 bridgehead atoms. The minimum absolute atomic E-state index is 0.204. The van der Waals surface area contributed by atoms with Crippen molar-refractivity contribution in [1.82, 2.24) is 4.98 Å². The van der Waals surface area contributed by atoms with E-state index in [1.54, 1.807) is 30.5 Å². The van der Waals surface area contributed by atoms with E-state index >= 15 is 0 Å². The summed E-state index contributed by atoms with van der Waals surface area (Å²) in [4.78, 5) is 4.14. The standard InChI is InChI=1S/C17H12ClF3N2O2/c18-12-4-1-3-11(7-12)15-9-23-16(24-15)10-22-13-5-2-6-14(8-13)25-17(19,20)21/h1-9,22H,10H2. The second-order valence-electron chi connectivity index (χ2n) is 5.06. The number of benzene rings is 2. The molecule has 0 unspecified atom stereocenters. The van der Waals surface area contributed by atoms with Crippen molar-refractivity contribution in [2.75, 3.05) is 5.32 Å². The van der Waals surface area contributed by atoms with Gasteiger partial charge in [-0.15, -0.1) is 13.2 Å². The summed E-state index contributed by atoms with van der Waals surface area (Å²) in [7, 11) is 0. The Morgan fingerprint density at radius 1 is 1.12 bits per heavy atom. The largest absolute Gasteiger partial charge is 0.573 e. The summed E-state index contributed by atoms with van der Waals surface area (Å²) < 4.78 is 46.2. The maximum atomic E-state index is 12.2. The first-order valence-corrected chi connectivity index (χ1v) is 7.57. The Bertz CT molecular complexity index is 865. The van der Waals surface area contributed by atoms with Crippen LogP contribution >= 0.6 is 11.6 Å². The van der Waals surface area contributed by atoms with Gasteiger partial charge in [0.2, 0.25) is 5.89 Å². The number of anilines is 1. The highest BCUT2D eigenvalue weighted by atomic mass is 35.5. The van der Waals surface area contributed by atoms with Crippen molar-refractivity contribution in [3.63, 3.8) is 0 Å². The molecule has 1 heterocycles. The molecule has 0 aliphatic rings. The second kappa shape index (κ2) is 7.06. The van der Waals surface area contributed by atoms with Crippen LogP contribution in [0, 0.1) is 0 Å². The predicted molar refractivity (Wildman–Crippen MR) is 87.4 cm³/mol. The van der Waals surface area contributed by atoms with Gasteiger partial charge in [-0.05, 0) is 24.3 Å². The fraction of sp³-hybridized carbons (Fsp3) is 0.118. The average Bonchev–Trinajstić information content (AvgIpc) is 3.01. The van der Waals surface area contributed by atoms with Gasteiger partial charge in [0.05, 0.1) is 12.7 Å². The van der Waals surface area contributed by atoms with E-state index in [9.17, 15) is 13.2 Å². The van der Waals surface area contributed by atoms with E-state index in [1.165, 1.54) is 18.2 Å². The van der Waals surface area contributed by atoms with Crippen LogP contribution in [0.2, 0.25) is 5.02 Å². The normalized spacial score (nSPS) is 11.4. The van der Waals surface area contributed by atoms with E-state index in [0.717, 1.165) is 5.56 Å². The zero-order valence-electron chi connectivity index (χ0n) is 12.7. The molecular weight excluding hydrogens is 357 g/mol. The molecule has 2 aromatic carbocycles. The van der Waals surface area contributed by atoms with Crippen LogP contribution in [0.3, 0.4) is 0 Å². The van der Waals surface area contributed by atoms with Crippen LogP contribution < -0.4 is 10.1 Å². The van der Waals surface area contributed by atoms with Gasteiger partial charge in [-0.3, -0.25) is 0 Å². The molecule has 0 saturated carbocycles. The summed E-state index contributed by atoms with van der Waals surface area (Å²) in [5.74, 6) is 0.634. The second-order valence-corrected chi connectivity index (χ2v) is 5.49. The van der Waals surface area contributed by atoms with Crippen molar-refractivity contribution in [2.24, 2.45) is 0 Å². The Kier molecular flexibility index (Phi) is 4.85. The van der Waals surface area contributed by atoms with Gasteiger partial charge in [-0.25, -0.2) is 4.98 Å². The van der Waals surface area contributed by atoms with E-state index in [2.05, 4.69) is 15.0 Å². The molecule has 0 atom stereocenters. The van der Waals surface area contributed by atoms with Crippen molar-refractivity contribution < 1.29 is 22.3 Å². The number of ether oxygens (including phenoxy) is 1. The van der Waals surface area contributed by atoms with Gasteiger partial charge < -0.3 is 14.5 Å². The van der Waals surface area contributed by atoms with E-state index in [0.29, 0.717) is 22.4 Å². The molecule has 1 N–H and O–H groups in total. The van der Waals surface area contributed by atoms with Gasteiger partial charge in [0, 0.05) is 22.3 Å². The highest BCUT2D eigenvalue weighted by molar-refractivity contribution is 6.30. The fourth-order valence-electron chi connectivity index (χ4n) is 2.15. The van der Waals surface area contributed by atoms with Crippen molar-refractivity contribution in [1.29, 1.82) is 0 Å². The number of halogens is 4. The molecule has 0 aliphatic heterocycles. The van der Waals surface area contributed by atoms with E-state index < -0.39 is 6.36 Å². The van der Waals surface area contributed by atoms with Gasteiger partial charge >= 0.3 is 6.36 Å². The zero-order valence-corrected chi connectivity index (χ0v) is 13.4. The van der Waals surface area contributed by atoms with Crippen LogP contribution in [0.15, 0.2) is 59.1 Å². The molecule has 8 heteroatoms. The lowest BCUT2D eigenvalue weighted by Gasteiger charge is -2.10. The molecule has 1 aromatic heterocycles. The molecule has 0 radical (unpaired) electrons. The maximum Gasteiger partial charge on any atom is 0.573 e. The predicted octanol–water partition coefficient (Wildman–Crippen LogP) is 5.51. The number of aromatic nitrogens is 1. The van der Waals surface area contributed by atoms with E-state index in [4.69, 9.17) is 16.0 Å². The summed E-state index contributed by atoms with van der Waals surface area (Å²) >= 11 is 5.94. The highest BCUT2D eigenvalue weighted by Gasteiger charge is 2.31. The van der Waals surface area contributed by atoms with Crippen molar-refractivity contribution >= 4 is 17.3 Å². The van der Waals surface area contributed by atoms with Gasteiger partial charge in [0.15, 0.2) is 5.76 Å². The van der Waals surface area contributed by atoms with Crippen LogP contribution in [0.25, 0.3) is 11.3 Å². The number of hydrogen-bond donors (Lipinski definition) is 1. The number of nitrogens with zero attached hydrogens (tertiary/aromatic N) is 1. The van der Waals surface area contributed by atoms with Crippen molar-refractivity contribution in [3.05, 3.63) is 65.6 Å². The summed E-state index contributed by atoms with van der Waals surface area (Å²) in [6, 6.07) is 12.7. The summed E-state index contributed by atoms with van der Waals surface area (Å²) in [5.41, 5.74) is 1.23. The van der Waals surface area contributed by atoms with Crippen molar-refractivity contribution in [2.45, 2.75) is 12.9 Å². The van der Waals surface area contributed by atoms with E-state index in [1.807, 2.05) is 6.07 Å². The number of rotatable bonds is 5. The lowest BCUT2D eigenvalue weighted by molar-refractivity contribution is -0.274. The molecule has 0 saturated heterocycles. The van der Waals surface area contributed by atoms with Crippen molar-refractivity contribution in [3.8, 4) is 17.1 Å². The van der Waals surface area contributed by atoms with Crippen LogP contribution in [-0.4, -0.2) is 11.3 Å². The Labute approximate surface area is 146 Å². The average molecular weight is 369 g/mol. The first-order chi connectivity index (χ1) is 11.9. The number of alkyl halides is 3. The fourth-order valence-corrected chi connectivity index (χ4v) is 2.34. The Balaban J connectivity index is 1.66. The van der Waals surface area contributed by atoms with Crippen LogP contribution in [0.5, 0.6) is 5.75 Å². The summed E-state index contributed by atoms with van der Waals surface area (Å²) in [6.07, 6.45) is -3.17. The SMILES string of the molecule is FC(F)(F)Oc1cccc(NCc2ncc(-c3cccc(Cl)c3)o2)c1. The lowest BCUT2D eigenvalue weighted by atomic mass is 10.2. The first-order valence-electron chi connectivity index (χ1n) is 7.19. The van der Waals surface area contributed by atoms with Crippen LogP contribution in [0.1, 0.15) is 5.89 Å². The minimum Gasteiger partial charge on any atom is -0.439 e. The van der Waals surface area contributed by atoms with Gasteiger partial charge in [-0.2, -0.15) is 0 Å². The topological polar surface area (TPSA) is 47.3 Å². The monoisotopic (exact) mass is 368 g/mol. The van der Waals surface area contributed by atoms with Crippen LogP contribution in [0.4, 0.5) is 18.9 Å². The van der Waals surface area contributed by atoms with E-state index in [-0.39, 0.29) is 12.3 Å². The van der Waals surface area contributed by atoms with Crippen LogP contribution in [-0.2, 0) is 6.54 Å². The van der Waals surface area contributed by atoms with Gasteiger partial charge in [0.25, 0.3) is 0 Å². The first kappa shape index (κ1) is 17.2. The summed E-state index contributed by atoms with van der Waals surface area (Å²) in [6.45, 7) is 0.204. The molecule has 3 rings (SSSR count). The molecule has 3 aromatic rings. The number of nitrogens with one attached hydrogen (secondary N) is 1. The smallest absolute Gasteiger partial charge is 0.439 e. The Morgan fingerprint density at radius 2 is 1.92 bits per heavy atom. The summed E-state index contributed by atoms with van der Waals surface area (Å²) in [5, 5.41) is 3.51. The maximum absolute atomic E-state index is 12.2. The molecule has 0 aliphatic carbocycles. The number of hydrogen-bond acceptors (Lipinski definition) is 4. The Morgan fingerprint density at radius 3 is 2.68 bits per heavy atom.